The number of hydrogen-bond donors (Lipinski definition) is 1. The van der Waals surface area contributed by atoms with Crippen LogP contribution in [0.25, 0.3) is 0 Å². The van der Waals surface area contributed by atoms with Crippen LogP contribution in [0.5, 0.6) is 0 Å². The number of rotatable bonds is 2. The molecule has 0 heterocycles. The molecule has 1 aliphatic carbocycles. The minimum Gasteiger partial charge on any atom is -0.395 e. The van der Waals surface area contributed by atoms with Crippen LogP contribution in [0.15, 0.2) is 21.2 Å². The Hall–Kier alpha value is 1.16. The second-order valence-corrected chi connectivity index (χ2v) is 6.35. The maximum Gasteiger partial charge on any atom is 0.223 e. The number of alkyl halides is 3. The van der Waals surface area contributed by atoms with Gasteiger partial charge in [-0.05, 0) is 11.6 Å². The van der Waals surface area contributed by atoms with Crippen LogP contribution in [0.4, 0.5) is 4.39 Å². The van der Waals surface area contributed by atoms with E-state index < -0.39 is 5.13 Å². The van der Waals surface area contributed by atoms with Gasteiger partial charge in [0.05, 0.1) is 15.6 Å². The van der Waals surface area contributed by atoms with Crippen molar-refractivity contribution in [3.63, 3.8) is 0 Å². The van der Waals surface area contributed by atoms with E-state index in [1.54, 1.807) is 0 Å². The quantitative estimate of drug-likeness (QED) is 0.536. The van der Waals surface area contributed by atoms with Crippen molar-refractivity contribution in [2.24, 2.45) is 0 Å². The zero-order valence-corrected chi connectivity index (χ0v) is 12.2. The van der Waals surface area contributed by atoms with E-state index in [-0.39, 0.29) is 22.0 Å². The number of aliphatic hydroxyl groups is 1. The van der Waals surface area contributed by atoms with Gasteiger partial charge in [0.2, 0.25) is 5.13 Å². The number of allylic oxidation sites excluding steroid dienone is 3. The first-order chi connectivity index (χ1) is 6.38. The first-order valence-corrected chi connectivity index (χ1v) is 6.57. The Morgan fingerprint density at radius 2 is 2.36 bits per heavy atom. The molecule has 80 valence electrons. The summed E-state index contributed by atoms with van der Waals surface area (Å²) in [6, 6.07) is 0. The molecule has 0 aromatic carbocycles. The smallest absolute Gasteiger partial charge is 0.223 e. The third kappa shape index (κ3) is 2.84. The molecule has 14 heavy (non-hydrogen) atoms. The van der Waals surface area contributed by atoms with E-state index in [4.69, 9.17) is 28.3 Å². The number of hydrogen-bond acceptors (Lipinski definition) is 1. The molecule has 2 unspecified atom stereocenters. The third-order valence-electron chi connectivity index (χ3n) is 1.82. The van der Waals surface area contributed by atoms with Crippen molar-refractivity contribution in [2.75, 3.05) is 6.61 Å². The van der Waals surface area contributed by atoms with Gasteiger partial charge in [0, 0.05) is 10.9 Å². The van der Waals surface area contributed by atoms with Crippen LogP contribution in [-0.4, -0.2) is 20.8 Å². The summed E-state index contributed by atoms with van der Waals surface area (Å²) >= 11 is 16.5. The lowest BCUT2D eigenvalue weighted by atomic mass is 10.0. The van der Waals surface area contributed by atoms with Gasteiger partial charge in [-0.1, -0.05) is 61.7 Å². The highest BCUT2D eigenvalue weighted by molar-refractivity contribution is 14.1. The Labute approximate surface area is 114 Å². The van der Waals surface area contributed by atoms with Crippen molar-refractivity contribution in [3.8, 4) is 0 Å². The summed E-state index contributed by atoms with van der Waals surface area (Å²) in [5.74, 6) is 0. The molecule has 1 aliphatic rings. The van der Waals surface area contributed by atoms with Crippen molar-refractivity contribution >= 4 is 61.7 Å². The van der Waals surface area contributed by atoms with E-state index in [2.05, 4.69) is 38.5 Å². The van der Waals surface area contributed by atoms with Crippen molar-refractivity contribution in [1.29, 1.82) is 0 Å². The maximum atomic E-state index is 13.5. The van der Waals surface area contributed by atoms with Crippen LogP contribution in [-0.2, 0) is 0 Å². The average Bonchev–Trinajstić information content (AvgIpc) is 2.09. The van der Waals surface area contributed by atoms with Crippen LogP contribution in [0, 0.1) is 0 Å². The first kappa shape index (κ1) is 13.2. The topological polar surface area (TPSA) is 20.2 Å². The van der Waals surface area contributed by atoms with Gasteiger partial charge in [-0.2, -0.15) is 0 Å². The summed E-state index contributed by atoms with van der Waals surface area (Å²) < 4.78 is 14.0. The summed E-state index contributed by atoms with van der Waals surface area (Å²) in [7, 11) is 0. The molecule has 0 aromatic heterocycles. The Balaban J connectivity index is 3.01. The standard InChI is InChI=1S/C8H7BrCl2FIO/c9-5-2-8(11,12)7(10)1-4(5)6(13)3-14/h1,6,14H,2-3H2. The molecule has 2 atom stereocenters. The SMILES string of the molecule is OCC(I)C1=C(Br)CC(F)(Cl)C(Cl)=C1. The highest BCUT2D eigenvalue weighted by Gasteiger charge is 2.36. The lowest BCUT2D eigenvalue weighted by molar-refractivity contribution is 0.306. The van der Waals surface area contributed by atoms with E-state index in [0.29, 0.717) is 4.48 Å². The third-order valence-corrected chi connectivity index (χ3v) is 4.47. The van der Waals surface area contributed by atoms with Crippen molar-refractivity contribution < 1.29 is 9.50 Å². The van der Waals surface area contributed by atoms with Gasteiger partial charge >= 0.3 is 0 Å². The van der Waals surface area contributed by atoms with Crippen LogP contribution < -0.4 is 0 Å². The van der Waals surface area contributed by atoms with Gasteiger partial charge < -0.3 is 5.11 Å². The lowest BCUT2D eigenvalue weighted by Gasteiger charge is -2.25. The molecular weight excluding hydrogens is 409 g/mol. The largest absolute Gasteiger partial charge is 0.395 e. The van der Waals surface area contributed by atoms with E-state index >= 15 is 0 Å². The fourth-order valence-corrected chi connectivity index (χ4v) is 3.36. The van der Waals surface area contributed by atoms with Gasteiger partial charge in [0.25, 0.3) is 0 Å². The Kier molecular flexibility index (Phi) is 4.72. The molecule has 1 N–H and O–H groups in total. The average molecular weight is 416 g/mol. The number of halogens is 5. The molecule has 0 saturated heterocycles. The fraction of sp³-hybridized carbons (Fsp3) is 0.500. The summed E-state index contributed by atoms with van der Waals surface area (Å²) in [6.45, 7) is -0.0206. The van der Waals surface area contributed by atoms with Gasteiger partial charge in [-0.15, -0.1) is 0 Å². The molecule has 6 heteroatoms. The molecule has 0 amide bonds. The van der Waals surface area contributed by atoms with E-state index in [1.807, 2.05) is 0 Å². The van der Waals surface area contributed by atoms with Crippen molar-refractivity contribution in [1.82, 2.24) is 0 Å². The van der Waals surface area contributed by atoms with E-state index in [1.165, 1.54) is 6.08 Å². The van der Waals surface area contributed by atoms with E-state index in [9.17, 15) is 4.39 Å². The van der Waals surface area contributed by atoms with Crippen molar-refractivity contribution in [2.45, 2.75) is 15.5 Å². The number of aliphatic hydroxyl groups excluding tert-OH is 1. The Bertz CT molecular complexity index is 304. The fourth-order valence-electron chi connectivity index (χ4n) is 1.06. The van der Waals surface area contributed by atoms with Gasteiger partial charge in [-0.3, -0.25) is 0 Å². The monoisotopic (exact) mass is 414 g/mol. The minimum absolute atomic E-state index is 0.00127. The van der Waals surface area contributed by atoms with Gasteiger partial charge in [-0.25, -0.2) is 4.39 Å². The highest BCUT2D eigenvalue weighted by Crippen LogP contribution is 2.44. The highest BCUT2D eigenvalue weighted by atomic mass is 127. The van der Waals surface area contributed by atoms with Gasteiger partial charge in [0.15, 0.2) is 0 Å². The zero-order valence-electron chi connectivity index (χ0n) is 6.91. The molecule has 0 aromatic rings. The molecule has 0 radical (unpaired) electrons. The Morgan fingerprint density at radius 1 is 1.79 bits per heavy atom. The van der Waals surface area contributed by atoms with E-state index in [0.717, 1.165) is 5.57 Å². The molecule has 1 nitrogen and oxygen atoms in total. The molecule has 0 bridgehead atoms. The lowest BCUT2D eigenvalue weighted by Crippen LogP contribution is -2.21. The second kappa shape index (κ2) is 4.99. The van der Waals surface area contributed by atoms with Crippen LogP contribution >= 0.6 is 61.7 Å². The molecule has 0 saturated carbocycles. The molecule has 0 fully saturated rings. The first-order valence-electron chi connectivity index (χ1n) is 3.77. The van der Waals surface area contributed by atoms with Crippen LogP contribution in [0.1, 0.15) is 6.42 Å². The van der Waals surface area contributed by atoms with Crippen LogP contribution in [0.2, 0.25) is 0 Å². The normalized spacial score (nSPS) is 30.3. The predicted molar refractivity (Wildman–Crippen MR) is 69.1 cm³/mol. The van der Waals surface area contributed by atoms with Crippen LogP contribution in [0.3, 0.4) is 0 Å². The molecule has 1 rings (SSSR count). The minimum atomic E-state index is -2.02. The predicted octanol–water partition coefficient (Wildman–Crippen LogP) is 3.86. The second-order valence-electron chi connectivity index (χ2n) is 2.88. The zero-order chi connectivity index (χ0) is 10.9. The Morgan fingerprint density at radius 3 is 2.86 bits per heavy atom. The molecule has 0 spiro atoms. The van der Waals surface area contributed by atoms with Crippen molar-refractivity contribution in [3.05, 3.63) is 21.2 Å². The molecular formula is C8H7BrCl2FIO. The maximum absolute atomic E-state index is 13.5. The van der Waals surface area contributed by atoms with Gasteiger partial charge in [0.1, 0.15) is 0 Å². The summed E-state index contributed by atoms with van der Waals surface area (Å²) in [4.78, 5) is 0. The summed E-state index contributed by atoms with van der Waals surface area (Å²) in [6.07, 6.45) is 1.47. The summed E-state index contributed by atoms with van der Waals surface area (Å²) in [5.41, 5.74) is 0.784. The summed E-state index contributed by atoms with van der Waals surface area (Å²) in [5, 5.41) is 6.91. The molecule has 0 aliphatic heterocycles.